The van der Waals surface area contributed by atoms with Gasteiger partial charge in [0.15, 0.2) is 0 Å². The summed E-state index contributed by atoms with van der Waals surface area (Å²) in [4.78, 5) is 0. The van der Waals surface area contributed by atoms with Crippen molar-refractivity contribution in [2.45, 2.75) is 56.0 Å². The molecule has 2 fully saturated rings. The molecule has 1 aromatic rings. The van der Waals surface area contributed by atoms with Gasteiger partial charge in [0.1, 0.15) is 0 Å². The Hall–Kier alpha value is 0.0800. The van der Waals surface area contributed by atoms with E-state index in [1.54, 1.807) is 6.42 Å². The highest BCUT2D eigenvalue weighted by molar-refractivity contribution is 7.74. The van der Waals surface area contributed by atoms with Crippen molar-refractivity contribution in [1.82, 2.24) is 0 Å². The first-order valence-electron chi connectivity index (χ1n) is 7.48. The summed E-state index contributed by atoms with van der Waals surface area (Å²) in [5.74, 6) is 0. The summed E-state index contributed by atoms with van der Waals surface area (Å²) in [5.41, 5.74) is 3.15. The molecule has 4 rings (SSSR count). The van der Waals surface area contributed by atoms with E-state index in [0.717, 1.165) is 17.0 Å². The average Bonchev–Trinajstić information content (AvgIpc) is 2.95. The topological polar surface area (TPSA) is 0 Å². The van der Waals surface area contributed by atoms with E-state index in [1.807, 2.05) is 10.6 Å². The van der Waals surface area contributed by atoms with Crippen LogP contribution in [-0.2, 0) is 0 Å². The molecular weight excluding hydrogens is 254 g/mol. The summed E-state index contributed by atoms with van der Waals surface area (Å²) in [7, 11) is 0.378. The lowest BCUT2D eigenvalue weighted by molar-refractivity contribution is 0.651. The first-order chi connectivity index (χ1) is 8.84. The van der Waals surface area contributed by atoms with Gasteiger partial charge in [-0.25, -0.2) is 0 Å². The summed E-state index contributed by atoms with van der Waals surface area (Å²) in [6.45, 7) is 2.52. The Morgan fingerprint density at radius 3 is 2.72 bits per heavy atom. The minimum Gasteiger partial charge on any atom is -0.0714 e. The quantitative estimate of drug-likeness (QED) is 0.628. The molecule has 0 spiro atoms. The normalized spacial score (nSPS) is 41.9. The molecule has 1 aromatic carbocycles. The zero-order chi connectivity index (χ0) is 12.1. The highest BCUT2D eigenvalue weighted by Crippen LogP contribution is 2.63. The van der Waals surface area contributed by atoms with Gasteiger partial charge in [0.25, 0.3) is 0 Å². The van der Waals surface area contributed by atoms with E-state index in [0.29, 0.717) is 0 Å². The third-order valence-electron chi connectivity index (χ3n) is 5.18. The molecule has 3 unspecified atom stereocenters. The molecule has 0 saturated carbocycles. The van der Waals surface area contributed by atoms with Gasteiger partial charge in [-0.05, 0) is 65.9 Å². The van der Waals surface area contributed by atoms with Crippen LogP contribution in [0.25, 0.3) is 0 Å². The molecular formula is C16H22P2. The molecule has 0 radical (unpaired) electrons. The fourth-order valence-electron chi connectivity index (χ4n) is 4.37. The van der Waals surface area contributed by atoms with E-state index in [9.17, 15) is 0 Å². The largest absolute Gasteiger partial charge is 0.0714 e. The molecule has 0 nitrogen and oxygen atoms in total. The summed E-state index contributed by atoms with van der Waals surface area (Å²) in [6.07, 6.45) is 9.17. The van der Waals surface area contributed by atoms with E-state index in [2.05, 4.69) is 31.2 Å². The maximum absolute atomic E-state index is 2.52. The molecule has 18 heavy (non-hydrogen) atoms. The Balaban J connectivity index is 1.85. The van der Waals surface area contributed by atoms with E-state index >= 15 is 0 Å². The molecule has 5 atom stereocenters. The van der Waals surface area contributed by atoms with E-state index in [-0.39, 0.29) is 15.8 Å². The fourth-order valence-corrected chi connectivity index (χ4v) is 12.0. The van der Waals surface area contributed by atoms with Crippen LogP contribution in [0.4, 0.5) is 0 Å². The van der Waals surface area contributed by atoms with Crippen LogP contribution in [0.3, 0.4) is 0 Å². The molecule has 3 heterocycles. The molecule has 0 aliphatic carbocycles. The third-order valence-corrected chi connectivity index (χ3v) is 11.9. The molecule has 0 amide bonds. The van der Waals surface area contributed by atoms with Gasteiger partial charge in [0.2, 0.25) is 0 Å². The lowest BCUT2D eigenvalue weighted by Crippen LogP contribution is -2.24. The van der Waals surface area contributed by atoms with Crippen LogP contribution in [0, 0.1) is 0 Å². The standard InChI is InChI=1S/C16H22P2/c1-12-8-9-14-11-13-5-4-10-17(13)15-6-2-3-7-16(15)18(12)14/h2-3,6-7,12-14H,4-5,8-11H2,1H3/t12-,13+,14?,17?,18?/m1/s1. The Morgan fingerprint density at radius 2 is 1.83 bits per heavy atom. The molecule has 2 heteroatoms. The van der Waals surface area contributed by atoms with Crippen molar-refractivity contribution in [2.75, 3.05) is 6.16 Å². The first kappa shape index (κ1) is 11.9. The Kier molecular flexibility index (Phi) is 3.01. The van der Waals surface area contributed by atoms with Crippen LogP contribution in [0.5, 0.6) is 0 Å². The smallest absolute Gasteiger partial charge is 0.0158 e. The average molecular weight is 276 g/mol. The van der Waals surface area contributed by atoms with Gasteiger partial charge in [0.05, 0.1) is 0 Å². The van der Waals surface area contributed by atoms with E-state index < -0.39 is 0 Å². The predicted octanol–water partition coefficient (Wildman–Crippen LogP) is 4.02. The van der Waals surface area contributed by atoms with Crippen LogP contribution < -0.4 is 10.6 Å². The van der Waals surface area contributed by atoms with Crippen molar-refractivity contribution in [2.24, 2.45) is 0 Å². The van der Waals surface area contributed by atoms with Gasteiger partial charge in [-0.15, -0.1) is 0 Å². The predicted molar refractivity (Wildman–Crippen MR) is 84.5 cm³/mol. The maximum Gasteiger partial charge on any atom is -0.0158 e. The fraction of sp³-hybridized carbons (Fsp3) is 0.625. The van der Waals surface area contributed by atoms with Crippen LogP contribution >= 0.6 is 15.8 Å². The second-order valence-corrected chi connectivity index (χ2v) is 11.7. The summed E-state index contributed by atoms with van der Waals surface area (Å²) in [5, 5.41) is 3.66. The lowest BCUT2D eigenvalue weighted by atomic mass is 10.1. The molecule has 0 bridgehead atoms. The summed E-state index contributed by atoms with van der Waals surface area (Å²) < 4.78 is 0. The first-order valence-corrected chi connectivity index (χ1v) is 10.6. The molecule has 2 saturated heterocycles. The van der Waals surface area contributed by atoms with Crippen molar-refractivity contribution < 1.29 is 0 Å². The number of benzene rings is 1. The van der Waals surface area contributed by atoms with Crippen molar-refractivity contribution in [3.8, 4) is 0 Å². The van der Waals surface area contributed by atoms with Gasteiger partial charge in [-0.1, -0.05) is 47.0 Å². The van der Waals surface area contributed by atoms with E-state index in [1.165, 1.54) is 31.8 Å². The van der Waals surface area contributed by atoms with Crippen LogP contribution in [0.1, 0.15) is 39.0 Å². The number of hydrogen-bond acceptors (Lipinski definition) is 0. The second-order valence-electron chi connectivity index (χ2n) is 6.20. The highest BCUT2D eigenvalue weighted by Gasteiger charge is 2.43. The number of hydrogen-bond donors (Lipinski definition) is 0. The van der Waals surface area contributed by atoms with Crippen molar-refractivity contribution in [3.05, 3.63) is 24.3 Å². The van der Waals surface area contributed by atoms with Crippen molar-refractivity contribution in [3.63, 3.8) is 0 Å². The Morgan fingerprint density at radius 1 is 1.00 bits per heavy atom. The van der Waals surface area contributed by atoms with Gasteiger partial charge in [-0.2, -0.15) is 0 Å². The van der Waals surface area contributed by atoms with Crippen LogP contribution in [0.15, 0.2) is 24.3 Å². The van der Waals surface area contributed by atoms with Crippen LogP contribution in [0.2, 0.25) is 0 Å². The Bertz CT molecular complexity index is 456. The van der Waals surface area contributed by atoms with Gasteiger partial charge in [0, 0.05) is 0 Å². The van der Waals surface area contributed by atoms with Gasteiger partial charge >= 0.3 is 0 Å². The lowest BCUT2D eigenvalue weighted by Gasteiger charge is -2.24. The minimum absolute atomic E-state index is 0.168. The van der Waals surface area contributed by atoms with Crippen LogP contribution in [-0.4, -0.2) is 23.1 Å². The van der Waals surface area contributed by atoms with Crippen molar-refractivity contribution >= 4 is 26.5 Å². The highest BCUT2D eigenvalue weighted by atomic mass is 31.1. The van der Waals surface area contributed by atoms with Gasteiger partial charge in [-0.3, -0.25) is 0 Å². The molecule has 0 aromatic heterocycles. The molecule has 3 aliphatic rings. The zero-order valence-corrected chi connectivity index (χ0v) is 13.0. The van der Waals surface area contributed by atoms with Gasteiger partial charge < -0.3 is 0 Å². The number of rotatable bonds is 0. The summed E-state index contributed by atoms with van der Waals surface area (Å²) >= 11 is 0. The Labute approximate surface area is 113 Å². The summed E-state index contributed by atoms with van der Waals surface area (Å²) in [6, 6.07) is 9.59. The molecule has 0 N–H and O–H groups in total. The zero-order valence-electron chi connectivity index (χ0n) is 11.2. The third kappa shape index (κ3) is 1.72. The monoisotopic (exact) mass is 276 g/mol. The molecule has 3 aliphatic heterocycles. The van der Waals surface area contributed by atoms with Crippen molar-refractivity contribution in [1.29, 1.82) is 0 Å². The van der Waals surface area contributed by atoms with E-state index in [4.69, 9.17) is 0 Å². The SMILES string of the molecule is C[C@@H]1CCC2C[C@@H]3CCCP3c3ccccc3P21. The molecule has 96 valence electrons. The number of fused-ring (bicyclic) bond motifs is 5. The maximum atomic E-state index is 2.52. The minimum atomic E-state index is 0.168. The second kappa shape index (κ2) is 4.57.